The summed E-state index contributed by atoms with van der Waals surface area (Å²) in [7, 11) is 0. The van der Waals surface area contributed by atoms with Gasteiger partial charge in [-0.05, 0) is 30.5 Å². The predicted molar refractivity (Wildman–Crippen MR) is 54.6 cm³/mol. The molecular weight excluding hydrogens is 180 g/mol. The molecule has 2 saturated heterocycles. The van der Waals surface area contributed by atoms with Crippen LogP contribution in [0.2, 0.25) is 0 Å². The Morgan fingerprint density at radius 2 is 2.62 bits per heavy atom. The highest BCUT2D eigenvalue weighted by Gasteiger charge is 2.33. The van der Waals surface area contributed by atoms with Crippen LogP contribution in [0.1, 0.15) is 11.4 Å². The standard InChI is InChI=1S/C10H12N2S/c1-3-12-6-8(1)9(7-12)5-10-11-2-4-13-10/h2,4-5,8H,1,3,6-7H2/b9-5+. The zero-order valence-corrected chi connectivity index (χ0v) is 8.26. The van der Waals surface area contributed by atoms with Crippen molar-refractivity contribution in [2.45, 2.75) is 6.42 Å². The Morgan fingerprint density at radius 3 is 3.23 bits per heavy atom. The summed E-state index contributed by atoms with van der Waals surface area (Å²) in [6.45, 7) is 3.78. The fourth-order valence-corrected chi connectivity index (χ4v) is 2.90. The molecule has 0 aromatic carbocycles. The number of piperidine rings is 1. The van der Waals surface area contributed by atoms with E-state index in [0.717, 1.165) is 5.92 Å². The minimum atomic E-state index is 0.837. The topological polar surface area (TPSA) is 16.1 Å². The van der Waals surface area contributed by atoms with Crippen molar-refractivity contribution in [3.63, 3.8) is 0 Å². The highest BCUT2D eigenvalue weighted by molar-refractivity contribution is 7.10. The summed E-state index contributed by atoms with van der Waals surface area (Å²) in [6.07, 6.45) is 5.52. The Labute approximate surface area is 81.9 Å². The van der Waals surface area contributed by atoms with E-state index in [1.165, 1.54) is 31.1 Å². The van der Waals surface area contributed by atoms with Gasteiger partial charge >= 0.3 is 0 Å². The summed E-state index contributed by atoms with van der Waals surface area (Å²) < 4.78 is 0. The highest BCUT2D eigenvalue weighted by atomic mass is 32.1. The Morgan fingerprint density at radius 1 is 1.62 bits per heavy atom. The van der Waals surface area contributed by atoms with Crippen molar-refractivity contribution in [2.24, 2.45) is 5.92 Å². The lowest BCUT2D eigenvalue weighted by Gasteiger charge is -2.13. The second-order valence-electron chi connectivity index (χ2n) is 3.81. The first-order valence-corrected chi connectivity index (χ1v) is 5.62. The molecule has 2 atom stereocenters. The van der Waals surface area contributed by atoms with E-state index in [2.05, 4.69) is 16.0 Å². The van der Waals surface area contributed by atoms with Crippen LogP contribution >= 0.6 is 11.3 Å². The van der Waals surface area contributed by atoms with E-state index in [1.54, 1.807) is 16.9 Å². The summed E-state index contributed by atoms with van der Waals surface area (Å²) >= 11 is 1.73. The van der Waals surface area contributed by atoms with Gasteiger partial charge in [-0.25, -0.2) is 4.98 Å². The van der Waals surface area contributed by atoms with Gasteiger partial charge in [0.25, 0.3) is 0 Å². The molecule has 2 fully saturated rings. The average molecular weight is 192 g/mol. The van der Waals surface area contributed by atoms with Crippen LogP contribution in [-0.4, -0.2) is 29.5 Å². The quantitative estimate of drug-likeness (QED) is 0.675. The molecule has 0 aliphatic carbocycles. The molecule has 2 aliphatic heterocycles. The van der Waals surface area contributed by atoms with Crippen LogP contribution in [0.25, 0.3) is 6.08 Å². The van der Waals surface area contributed by atoms with E-state index < -0.39 is 0 Å². The lowest BCUT2D eigenvalue weighted by atomic mass is 9.99. The first-order chi connectivity index (χ1) is 6.42. The average Bonchev–Trinajstić information content (AvgIpc) is 2.77. The maximum Gasteiger partial charge on any atom is 0.116 e. The van der Waals surface area contributed by atoms with Gasteiger partial charge in [0.2, 0.25) is 0 Å². The molecule has 0 spiro atoms. The molecule has 1 aromatic rings. The van der Waals surface area contributed by atoms with Gasteiger partial charge in [-0.1, -0.05) is 0 Å². The molecule has 3 heteroatoms. The highest BCUT2D eigenvalue weighted by Crippen LogP contribution is 2.33. The second kappa shape index (κ2) is 2.93. The van der Waals surface area contributed by atoms with E-state index in [1.807, 2.05) is 11.6 Å². The number of nitrogens with zero attached hydrogens (tertiary/aromatic N) is 2. The lowest BCUT2D eigenvalue weighted by molar-refractivity contribution is 0.393. The molecule has 2 bridgehead atoms. The molecule has 0 N–H and O–H groups in total. The molecule has 2 unspecified atom stereocenters. The van der Waals surface area contributed by atoms with Crippen molar-refractivity contribution in [3.8, 4) is 0 Å². The Bertz CT molecular complexity index is 329. The smallest absolute Gasteiger partial charge is 0.116 e. The maximum atomic E-state index is 4.29. The van der Waals surface area contributed by atoms with Crippen LogP contribution in [0, 0.1) is 5.92 Å². The molecular formula is C10H12N2S. The zero-order chi connectivity index (χ0) is 8.67. The first-order valence-electron chi connectivity index (χ1n) is 4.74. The van der Waals surface area contributed by atoms with Crippen molar-refractivity contribution in [1.29, 1.82) is 0 Å². The molecule has 1 aromatic heterocycles. The fraction of sp³-hybridized carbons (Fsp3) is 0.500. The fourth-order valence-electron chi connectivity index (χ4n) is 2.29. The van der Waals surface area contributed by atoms with Crippen LogP contribution in [0.5, 0.6) is 0 Å². The number of hydrogen-bond acceptors (Lipinski definition) is 3. The second-order valence-corrected chi connectivity index (χ2v) is 4.74. The SMILES string of the molecule is C(=C1/CN2CCC1C2)/c1nccs1. The van der Waals surface area contributed by atoms with Gasteiger partial charge in [0, 0.05) is 24.7 Å². The number of hydrogen-bond donors (Lipinski definition) is 0. The lowest BCUT2D eigenvalue weighted by Crippen LogP contribution is -2.17. The van der Waals surface area contributed by atoms with Gasteiger partial charge in [-0.2, -0.15) is 0 Å². The van der Waals surface area contributed by atoms with Crippen LogP contribution in [0.15, 0.2) is 17.2 Å². The van der Waals surface area contributed by atoms with Crippen LogP contribution in [0.4, 0.5) is 0 Å². The van der Waals surface area contributed by atoms with E-state index in [0.29, 0.717) is 0 Å². The van der Waals surface area contributed by atoms with Crippen molar-refractivity contribution in [3.05, 3.63) is 22.2 Å². The van der Waals surface area contributed by atoms with E-state index in [-0.39, 0.29) is 0 Å². The van der Waals surface area contributed by atoms with Gasteiger partial charge in [0.05, 0.1) is 0 Å². The summed E-state index contributed by atoms with van der Waals surface area (Å²) in [5.41, 5.74) is 1.60. The van der Waals surface area contributed by atoms with E-state index in [4.69, 9.17) is 0 Å². The third-order valence-corrected chi connectivity index (χ3v) is 3.69. The van der Waals surface area contributed by atoms with Gasteiger partial charge in [0.15, 0.2) is 0 Å². The zero-order valence-electron chi connectivity index (χ0n) is 7.44. The van der Waals surface area contributed by atoms with Gasteiger partial charge in [0.1, 0.15) is 5.01 Å². The van der Waals surface area contributed by atoms with Crippen molar-refractivity contribution in [2.75, 3.05) is 19.6 Å². The monoisotopic (exact) mass is 192 g/mol. The minimum absolute atomic E-state index is 0.837. The number of thiazole rings is 1. The molecule has 2 aliphatic rings. The predicted octanol–water partition coefficient (Wildman–Crippen LogP) is 1.86. The summed E-state index contributed by atoms with van der Waals surface area (Å²) in [6, 6.07) is 0. The number of fused-ring (bicyclic) bond motifs is 2. The first kappa shape index (κ1) is 7.71. The third kappa shape index (κ3) is 1.32. The van der Waals surface area contributed by atoms with Crippen molar-refractivity contribution < 1.29 is 0 Å². The molecule has 0 saturated carbocycles. The minimum Gasteiger partial charge on any atom is -0.299 e. The van der Waals surface area contributed by atoms with E-state index >= 15 is 0 Å². The third-order valence-electron chi connectivity index (χ3n) is 2.96. The Hall–Kier alpha value is -0.670. The molecule has 3 heterocycles. The van der Waals surface area contributed by atoms with Crippen LogP contribution in [-0.2, 0) is 0 Å². The molecule has 0 amide bonds. The van der Waals surface area contributed by atoms with Crippen LogP contribution in [0.3, 0.4) is 0 Å². The van der Waals surface area contributed by atoms with Gasteiger partial charge in [-0.3, -0.25) is 4.90 Å². The van der Waals surface area contributed by atoms with E-state index in [9.17, 15) is 0 Å². The molecule has 2 nitrogen and oxygen atoms in total. The largest absolute Gasteiger partial charge is 0.299 e. The molecule has 0 radical (unpaired) electrons. The van der Waals surface area contributed by atoms with Gasteiger partial charge < -0.3 is 0 Å². The number of rotatable bonds is 1. The van der Waals surface area contributed by atoms with Crippen molar-refractivity contribution >= 4 is 17.4 Å². The Kier molecular flexibility index (Phi) is 1.73. The van der Waals surface area contributed by atoms with Crippen LogP contribution < -0.4 is 0 Å². The number of aromatic nitrogens is 1. The Balaban J connectivity index is 1.86. The molecule has 3 rings (SSSR count). The molecule has 68 valence electrons. The summed E-state index contributed by atoms with van der Waals surface area (Å²) in [5, 5.41) is 3.21. The normalized spacial score (nSPS) is 34.6. The summed E-state index contributed by atoms with van der Waals surface area (Å²) in [5.74, 6) is 0.837. The maximum absolute atomic E-state index is 4.29. The summed E-state index contributed by atoms with van der Waals surface area (Å²) in [4.78, 5) is 6.82. The van der Waals surface area contributed by atoms with Crippen molar-refractivity contribution in [1.82, 2.24) is 9.88 Å². The van der Waals surface area contributed by atoms with Gasteiger partial charge in [-0.15, -0.1) is 11.3 Å². The molecule has 13 heavy (non-hydrogen) atoms.